The van der Waals surface area contributed by atoms with Crippen LogP contribution < -0.4 is 38.1 Å². The second kappa shape index (κ2) is 29.3. The van der Waals surface area contributed by atoms with E-state index in [2.05, 4.69) is 77.3 Å². The molecule has 0 saturated carbocycles. The van der Waals surface area contributed by atoms with E-state index < -0.39 is 16.9 Å². The van der Waals surface area contributed by atoms with Crippen LogP contribution in [0.3, 0.4) is 0 Å². The number of amides is 3. The summed E-state index contributed by atoms with van der Waals surface area (Å²) in [4.78, 5) is 66.3. The van der Waals surface area contributed by atoms with Crippen molar-refractivity contribution in [3.63, 3.8) is 0 Å². The number of nitrogens with one attached hydrogen (secondary N) is 4. The fourth-order valence-electron chi connectivity index (χ4n) is 13.6. The molecule has 4 aromatic carbocycles. The number of ether oxygens (including phenoxy) is 2. The Morgan fingerprint density at radius 3 is 1.63 bits per heavy atom. The Kier molecular flexibility index (Phi) is 20.8. The number of nitrogens with two attached hydrogens (primary N) is 4. The zero-order valence-corrected chi connectivity index (χ0v) is 53.8. The molecular weight excluding hydrogens is 1170 g/mol. The van der Waals surface area contributed by atoms with Crippen molar-refractivity contribution in [1.29, 1.82) is 16.2 Å². The molecule has 7 aliphatic rings. The maximum absolute atomic E-state index is 13.9. The van der Waals surface area contributed by atoms with Gasteiger partial charge in [0.05, 0.1) is 29.7 Å². The number of nitrogen functional groups attached to an aromatic ring is 2. The number of alkyl carbamates (subject to hydrolysis) is 1. The van der Waals surface area contributed by atoms with Crippen LogP contribution in [0.4, 0.5) is 27.5 Å². The number of rotatable bonds is 17. The van der Waals surface area contributed by atoms with Crippen LogP contribution >= 0.6 is 0 Å². The Bertz CT molecular complexity index is 3730. The van der Waals surface area contributed by atoms with Crippen LogP contribution in [0.15, 0.2) is 142 Å². The number of benzene rings is 4. The van der Waals surface area contributed by atoms with E-state index in [1.165, 1.54) is 36.3 Å². The van der Waals surface area contributed by atoms with Gasteiger partial charge in [-0.15, -0.1) is 0 Å². The summed E-state index contributed by atoms with van der Waals surface area (Å²) in [7, 11) is 4.74. The van der Waals surface area contributed by atoms with Crippen LogP contribution in [0, 0.1) is 27.1 Å². The molecule has 0 aliphatic carbocycles. The molecule has 23 heteroatoms. The maximum Gasteiger partial charge on any atom is 0.413 e. The third-order valence-corrected chi connectivity index (χ3v) is 19.1. The van der Waals surface area contributed by atoms with Crippen LogP contribution in [-0.2, 0) is 19.1 Å². The van der Waals surface area contributed by atoms with Crippen LogP contribution in [0.2, 0.25) is 0 Å². The molecule has 93 heavy (non-hydrogen) atoms. The molecule has 0 radical (unpaired) electrons. The zero-order valence-electron chi connectivity index (χ0n) is 53.8. The first-order valence-electron chi connectivity index (χ1n) is 31.8. The van der Waals surface area contributed by atoms with E-state index in [1.807, 2.05) is 69.3 Å². The van der Waals surface area contributed by atoms with Crippen molar-refractivity contribution < 1.29 is 23.9 Å². The number of hydrogen-bond donors (Lipinski definition) is 8. The molecule has 23 nitrogen and oxygen atoms in total. The molecule has 7 heterocycles. The number of nitrogens with zero attached hydrogens (tertiary/aromatic N) is 10. The first kappa shape index (κ1) is 66.2. The highest BCUT2D eigenvalue weighted by atomic mass is 16.6. The van der Waals surface area contributed by atoms with Gasteiger partial charge in [-0.3, -0.25) is 40.2 Å². The summed E-state index contributed by atoms with van der Waals surface area (Å²) in [5.41, 5.74) is 37.2. The van der Waals surface area contributed by atoms with Gasteiger partial charge < -0.3 is 67.6 Å². The van der Waals surface area contributed by atoms with Gasteiger partial charge in [-0.2, -0.15) is 0 Å². The predicted molar refractivity (Wildman–Crippen MR) is 373 cm³/mol. The Balaban J connectivity index is 0.000000203. The van der Waals surface area contributed by atoms with Crippen molar-refractivity contribution in [2.24, 2.45) is 37.3 Å². The number of allylic oxidation sites excluding steroid dienone is 1. The number of likely N-dealkylation sites (tertiary alicyclic amines) is 2. The minimum absolute atomic E-state index is 0.143. The van der Waals surface area contributed by atoms with Crippen molar-refractivity contribution in [1.82, 2.24) is 29.8 Å². The van der Waals surface area contributed by atoms with Crippen molar-refractivity contribution >= 4 is 93.8 Å². The molecule has 0 unspecified atom stereocenters. The Labute approximate surface area is 545 Å². The topological polar surface area (TPSA) is 317 Å². The van der Waals surface area contributed by atoms with Crippen LogP contribution in [0.5, 0.6) is 0 Å². The average Bonchev–Trinajstić information content (AvgIpc) is 1.62. The molecule has 0 bridgehead atoms. The third-order valence-electron chi connectivity index (χ3n) is 19.1. The van der Waals surface area contributed by atoms with Gasteiger partial charge >= 0.3 is 6.09 Å². The number of carbonyl (C=O) groups is 3. The molecule has 5 fully saturated rings. The molecule has 0 aromatic heterocycles. The molecule has 11 rings (SSSR count). The van der Waals surface area contributed by atoms with Crippen molar-refractivity contribution in [3.8, 4) is 0 Å². The Morgan fingerprint density at radius 1 is 0.667 bits per heavy atom. The van der Waals surface area contributed by atoms with Crippen LogP contribution in [0.1, 0.15) is 71.9 Å². The van der Waals surface area contributed by atoms with Gasteiger partial charge in [-0.1, -0.05) is 61.7 Å². The molecule has 3 amide bonds. The van der Waals surface area contributed by atoms with E-state index in [4.69, 9.17) is 48.6 Å². The standard InChI is InChI=1S/C35H44N10O.C35H44N8O4/c1-24(44-14-10-26(11-15-44)25-4-6-27(7-5-25)33(39)42-23-41-3)21-43-16-12-35(22-43)13-17-45(34(35)46)29-8-9-31(37)30(18-29)32(38)28(19-36)20-40-2;1-24(41-13-9-26(10-14-41)25-3-5-27(6-4-25)32(38)47-34(45)39-2)22-40-15-11-35(23-40)12-16-43(33(35)44)28-7-8-30(36)29(21-28)31(37)42-17-19-46-20-18-42/h4-10,18-20,23,36H,1,11-17,21-22,37-38H2,2-3H3,(H2,39,41,42);3-9,21,37-38H,1,10-20,22-23,36H2,2H3,(H,39,45)/t2*35-/m00/s1. The highest BCUT2D eigenvalue weighted by Crippen LogP contribution is 2.45. The van der Waals surface area contributed by atoms with Gasteiger partial charge in [0.2, 0.25) is 17.7 Å². The molecule has 12 N–H and O–H groups in total. The minimum Gasteiger partial charge on any atom is -0.398 e. The smallest absolute Gasteiger partial charge is 0.398 e. The van der Waals surface area contributed by atoms with Crippen LogP contribution in [-0.4, -0.2) is 205 Å². The predicted octanol–water partition coefficient (Wildman–Crippen LogP) is 6.72. The second-order valence-electron chi connectivity index (χ2n) is 24.8. The van der Waals surface area contributed by atoms with Crippen molar-refractivity contribution in [2.45, 2.75) is 38.5 Å². The summed E-state index contributed by atoms with van der Waals surface area (Å²) in [5, 5.41) is 26.8. The van der Waals surface area contributed by atoms with E-state index in [0.717, 1.165) is 131 Å². The lowest BCUT2D eigenvalue weighted by molar-refractivity contribution is -0.125. The summed E-state index contributed by atoms with van der Waals surface area (Å²) < 4.78 is 10.4. The van der Waals surface area contributed by atoms with Gasteiger partial charge in [0.15, 0.2) is 0 Å². The normalized spacial score (nSPS) is 21.5. The van der Waals surface area contributed by atoms with E-state index >= 15 is 0 Å². The van der Waals surface area contributed by atoms with Gasteiger partial charge in [-0.25, -0.2) is 9.79 Å². The number of hydrogen-bond acceptors (Lipinski definition) is 17. The summed E-state index contributed by atoms with van der Waals surface area (Å²) in [6, 6.07) is 26.8. The lowest BCUT2D eigenvalue weighted by atomic mass is 9.85. The number of amidine groups is 2. The zero-order chi connectivity index (χ0) is 66.0. The molecule has 5 saturated heterocycles. The van der Waals surface area contributed by atoms with Crippen molar-refractivity contribution in [3.05, 3.63) is 161 Å². The number of anilines is 4. The summed E-state index contributed by atoms with van der Waals surface area (Å²) >= 11 is 0. The molecular formula is C70H88N18O5. The van der Waals surface area contributed by atoms with E-state index in [9.17, 15) is 14.4 Å². The van der Waals surface area contributed by atoms with Gasteiger partial charge in [0.25, 0.3) is 0 Å². The first-order valence-corrected chi connectivity index (χ1v) is 31.8. The Hall–Kier alpha value is -9.71. The number of aliphatic imine (C=N–C) groups is 3. The highest BCUT2D eigenvalue weighted by Gasteiger charge is 2.52. The SMILES string of the molecule is C=C(CN1CC[C@]2(CCN(c3ccc(N)c(C(=N)N4CCOCC4)c3)C2=O)C1)N1CC=C(c2ccc(C(=N)OC(=O)NC)cc2)CC1.C=C(CN1CC[C@]2(CCN(c3ccc(N)c(C(N)=C(C=N)C=NC)c3)C2=O)C1)N1CC=C(c2ccc(C(N)=NC=NC)cc2)CC1. The first-order chi connectivity index (χ1) is 44.9. The largest absolute Gasteiger partial charge is 0.413 e. The van der Waals surface area contributed by atoms with E-state index in [0.29, 0.717) is 103 Å². The fourth-order valence-corrected chi connectivity index (χ4v) is 13.6. The van der Waals surface area contributed by atoms with Crippen molar-refractivity contribution in [2.75, 3.05) is 147 Å². The average molecular weight is 1260 g/mol. The summed E-state index contributed by atoms with van der Waals surface area (Å²) in [6.45, 7) is 20.6. The highest BCUT2D eigenvalue weighted by molar-refractivity contribution is 6.11. The van der Waals surface area contributed by atoms with Crippen LogP contribution in [0.25, 0.3) is 16.8 Å². The molecule has 4 aromatic rings. The van der Waals surface area contributed by atoms with Gasteiger partial charge in [0.1, 0.15) is 18.0 Å². The third kappa shape index (κ3) is 14.8. The Morgan fingerprint density at radius 2 is 1.16 bits per heavy atom. The molecule has 2 atom stereocenters. The minimum atomic E-state index is -0.662. The number of morpholine rings is 1. The summed E-state index contributed by atoms with van der Waals surface area (Å²) in [6.07, 6.45) is 13.0. The quantitative estimate of drug-likeness (QED) is 0.0309. The fraction of sp³-hybridized carbons (Fsp3) is 0.386. The number of carbonyl (C=O) groups excluding carboxylic acids is 3. The molecule has 7 aliphatic heterocycles. The molecule has 488 valence electrons. The lowest BCUT2D eigenvalue weighted by Gasteiger charge is -2.32. The van der Waals surface area contributed by atoms with E-state index in [1.54, 1.807) is 32.3 Å². The maximum atomic E-state index is 13.9. The second-order valence-corrected chi connectivity index (χ2v) is 24.8. The van der Waals surface area contributed by atoms with Gasteiger partial charge in [0, 0.05) is 174 Å². The summed E-state index contributed by atoms with van der Waals surface area (Å²) in [5.74, 6) is 0.937. The monoisotopic (exact) mass is 1260 g/mol. The molecule has 2 spiro atoms. The van der Waals surface area contributed by atoms with E-state index in [-0.39, 0.29) is 17.7 Å². The lowest BCUT2D eigenvalue weighted by Crippen LogP contribution is -2.41. The van der Waals surface area contributed by atoms with Gasteiger partial charge in [-0.05, 0) is 122 Å².